The molecule has 3 rings (SSSR count). The van der Waals surface area contributed by atoms with E-state index in [0.717, 1.165) is 5.56 Å². The Kier molecular flexibility index (Phi) is 5.93. The van der Waals surface area contributed by atoms with E-state index in [-0.39, 0.29) is 5.91 Å². The minimum Gasteiger partial charge on any atom is -0.335 e. The number of aromatic nitrogens is 2. The molecule has 1 aromatic heterocycles. The van der Waals surface area contributed by atoms with Gasteiger partial charge in [0.1, 0.15) is 5.69 Å². The Morgan fingerprint density at radius 1 is 1.11 bits per heavy atom. The van der Waals surface area contributed by atoms with Crippen LogP contribution in [0.3, 0.4) is 0 Å². The number of hydrogen-bond donors (Lipinski definition) is 1. The molecule has 0 bridgehead atoms. The van der Waals surface area contributed by atoms with Crippen LogP contribution in [-0.2, 0) is 10.2 Å². The Hall–Kier alpha value is -2.23. The van der Waals surface area contributed by atoms with Crippen LogP contribution in [0.2, 0.25) is 0 Å². The monoisotopic (exact) mass is 391 g/mol. The Balaban J connectivity index is 1.65. The zero-order chi connectivity index (χ0) is 19.4. The predicted molar refractivity (Wildman–Crippen MR) is 103 cm³/mol. The topological polar surface area (TPSA) is 89.6 Å². The fourth-order valence-corrected chi connectivity index (χ4v) is 4.80. The molecule has 1 aliphatic heterocycles. The lowest BCUT2D eigenvalue weighted by atomic mass is 10.1. The molecule has 1 amide bonds. The number of nitrogens with one attached hydrogen (secondary N) is 1. The first-order valence-corrected chi connectivity index (χ1v) is 10.5. The smallest absolute Gasteiger partial charge is 0.282 e. The van der Waals surface area contributed by atoms with Gasteiger partial charge < -0.3 is 4.90 Å². The lowest BCUT2D eigenvalue weighted by Crippen LogP contribution is -2.54. The van der Waals surface area contributed by atoms with Crippen LogP contribution >= 0.6 is 0 Å². The van der Waals surface area contributed by atoms with Crippen molar-refractivity contribution in [1.82, 2.24) is 23.7 Å². The summed E-state index contributed by atoms with van der Waals surface area (Å²) in [7, 11) is -3.46. The number of hydrogen-bond acceptors (Lipinski definition) is 4. The van der Waals surface area contributed by atoms with E-state index < -0.39 is 10.2 Å². The number of benzene rings is 1. The van der Waals surface area contributed by atoms with Gasteiger partial charge in [0.15, 0.2) is 0 Å². The summed E-state index contributed by atoms with van der Waals surface area (Å²) in [6, 6.07) is 11.4. The van der Waals surface area contributed by atoms with Crippen LogP contribution in [-0.4, -0.2) is 77.3 Å². The van der Waals surface area contributed by atoms with E-state index in [2.05, 4.69) is 10.2 Å². The second-order valence-electron chi connectivity index (χ2n) is 6.32. The third-order valence-corrected chi connectivity index (χ3v) is 6.95. The van der Waals surface area contributed by atoms with Crippen molar-refractivity contribution in [3.05, 3.63) is 42.1 Å². The van der Waals surface area contributed by atoms with Crippen molar-refractivity contribution in [1.29, 1.82) is 0 Å². The zero-order valence-corrected chi connectivity index (χ0v) is 16.4. The van der Waals surface area contributed by atoms with Crippen LogP contribution in [0.4, 0.5) is 0 Å². The van der Waals surface area contributed by atoms with E-state index >= 15 is 0 Å². The number of nitrogens with zero attached hydrogens (tertiary/aromatic N) is 4. The van der Waals surface area contributed by atoms with E-state index in [9.17, 15) is 13.2 Å². The standard InChI is InChI=1S/C18H25N5O3S/c1-3-22(4-2)27(25,26)23-12-10-21(11-13-23)18(24)17-14-16(19-20-17)15-8-6-5-7-9-15/h5-9,14H,3-4,10-13H2,1-2H3,(H,19,20). The molecule has 0 spiro atoms. The molecule has 1 N–H and O–H groups in total. The molecule has 1 fully saturated rings. The lowest BCUT2D eigenvalue weighted by Gasteiger charge is -2.36. The third kappa shape index (κ3) is 4.05. The van der Waals surface area contributed by atoms with Crippen LogP contribution in [0, 0.1) is 0 Å². The normalized spacial score (nSPS) is 16.0. The van der Waals surface area contributed by atoms with Crippen LogP contribution < -0.4 is 0 Å². The number of rotatable bonds is 6. The lowest BCUT2D eigenvalue weighted by molar-refractivity contribution is 0.0688. The van der Waals surface area contributed by atoms with E-state index in [1.54, 1.807) is 11.0 Å². The first-order valence-electron chi connectivity index (χ1n) is 9.12. The maximum Gasteiger partial charge on any atom is 0.282 e. The summed E-state index contributed by atoms with van der Waals surface area (Å²) < 4.78 is 28.1. The highest BCUT2D eigenvalue weighted by atomic mass is 32.2. The quantitative estimate of drug-likeness (QED) is 0.806. The van der Waals surface area contributed by atoms with Gasteiger partial charge in [0.25, 0.3) is 16.1 Å². The van der Waals surface area contributed by atoms with E-state index in [1.807, 2.05) is 44.2 Å². The van der Waals surface area contributed by atoms with Crippen molar-refractivity contribution in [2.24, 2.45) is 0 Å². The van der Waals surface area contributed by atoms with Crippen LogP contribution in [0.15, 0.2) is 36.4 Å². The summed E-state index contributed by atoms with van der Waals surface area (Å²) in [6.45, 7) is 5.84. The number of piperazine rings is 1. The average Bonchev–Trinajstić information content (AvgIpc) is 3.19. The molecule has 8 nitrogen and oxygen atoms in total. The molecule has 2 heterocycles. The molecule has 0 saturated carbocycles. The fourth-order valence-electron chi connectivity index (χ4n) is 3.19. The SMILES string of the molecule is CCN(CC)S(=O)(=O)N1CCN(C(=O)c2cc(-c3ccccc3)n[nH]2)CC1. The van der Waals surface area contributed by atoms with Gasteiger partial charge in [-0.15, -0.1) is 0 Å². The van der Waals surface area contributed by atoms with Crippen molar-refractivity contribution in [3.63, 3.8) is 0 Å². The van der Waals surface area contributed by atoms with Crippen LogP contribution in [0.25, 0.3) is 11.3 Å². The minimum absolute atomic E-state index is 0.162. The first kappa shape index (κ1) is 19.5. The van der Waals surface area contributed by atoms with Gasteiger partial charge in [-0.25, -0.2) is 0 Å². The summed E-state index contributed by atoms with van der Waals surface area (Å²) in [4.78, 5) is 14.4. The highest BCUT2D eigenvalue weighted by molar-refractivity contribution is 7.86. The summed E-state index contributed by atoms with van der Waals surface area (Å²) in [5, 5.41) is 7.01. The van der Waals surface area contributed by atoms with E-state index in [0.29, 0.717) is 50.7 Å². The van der Waals surface area contributed by atoms with Crippen LogP contribution in [0.1, 0.15) is 24.3 Å². The Morgan fingerprint density at radius 3 is 2.33 bits per heavy atom. The highest BCUT2D eigenvalue weighted by Crippen LogP contribution is 2.19. The maximum absolute atomic E-state index is 12.7. The molecule has 9 heteroatoms. The van der Waals surface area contributed by atoms with Gasteiger partial charge in [-0.2, -0.15) is 22.1 Å². The van der Waals surface area contributed by atoms with Crippen LogP contribution in [0.5, 0.6) is 0 Å². The number of amides is 1. The van der Waals surface area contributed by atoms with Crippen molar-refractivity contribution in [2.75, 3.05) is 39.3 Å². The summed E-state index contributed by atoms with van der Waals surface area (Å²) >= 11 is 0. The Morgan fingerprint density at radius 2 is 1.74 bits per heavy atom. The molecular formula is C18H25N5O3S. The van der Waals surface area contributed by atoms with E-state index in [1.165, 1.54) is 8.61 Å². The molecule has 1 aliphatic rings. The van der Waals surface area contributed by atoms with Crippen molar-refractivity contribution < 1.29 is 13.2 Å². The predicted octanol–water partition coefficient (Wildman–Crippen LogP) is 1.42. The summed E-state index contributed by atoms with van der Waals surface area (Å²) in [6.07, 6.45) is 0. The largest absolute Gasteiger partial charge is 0.335 e. The second kappa shape index (κ2) is 8.20. The first-order chi connectivity index (χ1) is 13.0. The van der Waals surface area contributed by atoms with Gasteiger partial charge in [-0.05, 0) is 6.07 Å². The number of aromatic amines is 1. The molecule has 146 valence electrons. The summed E-state index contributed by atoms with van der Waals surface area (Å²) in [5.41, 5.74) is 2.05. The summed E-state index contributed by atoms with van der Waals surface area (Å²) in [5.74, 6) is -0.162. The van der Waals surface area contributed by atoms with Gasteiger partial charge >= 0.3 is 0 Å². The molecule has 0 unspecified atom stereocenters. The van der Waals surface area contributed by atoms with Gasteiger partial charge in [0.2, 0.25) is 0 Å². The second-order valence-corrected chi connectivity index (χ2v) is 8.24. The maximum atomic E-state index is 12.7. The highest BCUT2D eigenvalue weighted by Gasteiger charge is 2.32. The number of H-pyrrole nitrogens is 1. The Labute approximate surface area is 160 Å². The third-order valence-electron chi connectivity index (χ3n) is 4.76. The van der Waals surface area contributed by atoms with E-state index in [4.69, 9.17) is 0 Å². The van der Waals surface area contributed by atoms with Gasteiger partial charge in [0, 0.05) is 44.8 Å². The van der Waals surface area contributed by atoms with Gasteiger partial charge in [-0.3, -0.25) is 9.89 Å². The molecule has 0 atom stereocenters. The van der Waals surface area contributed by atoms with Crippen molar-refractivity contribution >= 4 is 16.1 Å². The molecule has 1 aromatic carbocycles. The van der Waals surface area contributed by atoms with Crippen molar-refractivity contribution in [2.45, 2.75) is 13.8 Å². The molecule has 0 radical (unpaired) electrons. The van der Waals surface area contributed by atoms with Crippen molar-refractivity contribution in [3.8, 4) is 11.3 Å². The number of carbonyl (C=O) groups excluding carboxylic acids is 1. The van der Waals surface area contributed by atoms with Gasteiger partial charge in [-0.1, -0.05) is 44.2 Å². The number of carbonyl (C=O) groups is 1. The molecule has 1 saturated heterocycles. The fraction of sp³-hybridized carbons (Fsp3) is 0.444. The molecular weight excluding hydrogens is 366 g/mol. The minimum atomic E-state index is -3.46. The van der Waals surface area contributed by atoms with Gasteiger partial charge in [0.05, 0.1) is 5.69 Å². The molecule has 0 aliphatic carbocycles. The molecule has 2 aromatic rings. The average molecular weight is 391 g/mol. The molecule has 27 heavy (non-hydrogen) atoms. The Bertz CT molecular complexity index is 869. The zero-order valence-electron chi connectivity index (χ0n) is 15.6.